The molecule has 1 amide bonds. The summed E-state index contributed by atoms with van der Waals surface area (Å²) in [6, 6.07) is 8.49. The second-order valence-electron chi connectivity index (χ2n) is 6.21. The van der Waals surface area contributed by atoms with Crippen molar-refractivity contribution in [2.75, 3.05) is 11.9 Å². The van der Waals surface area contributed by atoms with Crippen molar-refractivity contribution < 1.29 is 19.4 Å². The minimum Gasteiger partial charge on any atom is -0.486 e. The Morgan fingerprint density at radius 3 is 2.36 bits per heavy atom. The molecule has 2 aromatic rings. The molecule has 0 aliphatic heterocycles. The van der Waals surface area contributed by atoms with Crippen LogP contribution in [0.2, 0.25) is 15.1 Å². The first-order chi connectivity index (χ1) is 13.2. The second-order valence-corrected chi connectivity index (χ2v) is 7.40. The Morgan fingerprint density at radius 1 is 1.14 bits per heavy atom. The maximum atomic E-state index is 12.0. The van der Waals surface area contributed by atoms with Crippen LogP contribution in [0.1, 0.15) is 29.8 Å². The average molecular weight is 446 g/mol. The van der Waals surface area contributed by atoms with Gasteiger partial charge >= 0.3 is 5.97 Å². The maximum Gasteiger partial charge on any atom is 0.322 e. The van der Waals surface area contributed by atoms with Crippen LogP contribution in [0.3, 0.4) is 0 Å². The van der Waals surface area contributed by atoms with E-state index in [2.05, 4.69) is 10.6 Å². The number of aliphatic carboxylic acids is 1. The fourth-order valence-electron chi connectivity index (χ4n) is 2.35. The lowest BCUT2D eigenvalue weighted by Crippen LogP contribution is -2.29. The number of carboxylic acids is 1. The predicted octanol–water partition coefficient (Wildman–Crippen LogP) is 4.86. The molecular formula is C19H19Cl3N2O4. The standard InChI is InChI=1S/C19H19Cl3N2O4/c1-10(2)24-15-5-3-4-11(17(15)22)9-28-18-13(20)6-12(7-14(18)21)19(27)23-8-16(25)26/h3-7,10,24H,8-9H2,1-2H3,(H,23,27)(H,25,26). The lowest BCUT2D eigenvalue weighted by molar-refractivity contribution is -0.135. The lowest BCUT2D eigenvalue weighted by atomic mass is 10.2. The molecule has 6 nitrogen and oxygen atoms in total. The molecule has 0 aliphatic rings. The number of rotatable bonds is 8. The molecule has 0 atom stereocenters. The van der Waals surface area contributed by atoms with Gasteiger partial charge in [0.2, 0.25) is 0 Å². The highest BCUT2D eigenvalue weighted by molar-refractivity contribution is 6.37. The first kappa shape index (κ1) is 22.1. The number of carbonyl (C=O) groups excluding carboxylic acids is 1. The molecule has 9 heteroatoms. The minimum atomic E-state index is -1.16. The molecule has 0 heterocycles. The third kappa shape index (κ3) is 5.92. The van der Waals surface area contributed by atoms with E-state index < -0.39 is 18.4 Å². The van der Waals surface area contributed by atoms with Crippen molar-refractivity contribution in [3.63, 3.8) is 0 Å². The van der Waals surface area contributed by atoms with Crippen molar-refractivity contribution in [1.29, 1.82) is 0 Å². The van der Waals surface area contributed by atoms with E-state index in [-0.39, 0.29) is 34.0 Å². The molecule has 0 fully saturated rings. The number of carbonyl (C=O) groups is 2. The summed E-state index contributed by atoms with van der Waals surface area (Å²) in [5.74, 6) is -1.55. The summed E-state index contributed by atoms with van der Waals surface area (Å²) >= 11 is 18.8. The van der Waals surface area contributed by atoms with Gasteiger partial charge in [0.05, 0.1) is 20.8 Å². The Labute approximate surface area is 177 Å². The molecule has 2 aromatic carbocycles. The molecule has 0 saturated heterocycles. The molecule has 0 spiro atoms. The largest absolute Gasteiger partial charge is 0.486 e. The van der Waals surface area contributed by atoms with Crippen LogP contribution < -0.4 is 15.4 Å². The first-order valence-corrected chi connectivity index (χ1v) is 9.48. The van der Waals surface area contributed by atoms with Gasteiger partial charge in [-0.15, -0.1) is 0 Å². The summed E-state index contributed by atoms with van der Waals surface area (Å²) < 4.78 is 5.73. The van der Waals surface area contributed by atoms with E-state index in [1.165, 1.54) is 12.1 Å². The summed E-state index contributed by atoms with van der Waals surface area (Å²) in [6.07, 6.45) is 0. The molecule has 0 aliphatic carbocycles. The highest BCUT2D eigenvalue weighted by atomic mass is 35.5. The van der Waals surface area contributed by atoms with Gasteiger partial charge in [-0.25, -0.2) is 0 Å². The third-order valence-corrected chi connectivity index (χ3v) is 4.56. The van der Waals surface area contributed by atoms with Crippen LogP contribution in [0.15, 0.2) is 30.3 Å². The first-order valence-electron chi connectivity index (χ1n) is 8.34. The van der Waals surface area contributed by atoms with Gasteiger partial charge in [-0.2, -0.15) is 0 Å². The lowest BCUT2D eigenvalue weighted by Gasteiger charge is -2.16. The molecule has 0 radical (unpaired) electrons. The zero-order chi connectivity index (χ0) is 20.8. The number of hydrogen-bond donors (Lipinski definition) is 3. The van der Waals surface area contributed by atoms with Crippen molar-refractivity contribution in [3.05, 3.63) is 56.5 Å². The van der Waals surface area contributed by atoms with Crippen LogP contribution in [-0.4, -0.2) is 29.6 Å². The molecule has 0 bridgehead atoms. The quantitative estimate of drug-likeness (QED) is 0.540. The number of carboxylic acid groups (broad SMARTS) is 1. The van der Waals surface area contributed by atoms with Crippen molar-refractivity contribution in [2.45, 2.75) is 26.5 Å². The summed E-state index contributed by atoms with van der Waals surface area (Å²) in [6.45, 7) is 3.63. The van der Waals surface area contributed by atoms with Gasteiger partial charge in [-0.3, -0.25) is 9.59 Å². The van der Waals surface area contributed by atoms with Gasteiger partial charge in [0, 0.05) is 17.2 Å². The smallest absolute Gasteiger partial charge is 0.322 e. The number of nitrogens with one attached hydrogen (secondary N) is 2. The van der Waals surface area contributed by atoms with Gasteiger partial charge in [-0.1, -0.05) is 46.9 Å². The van der Waals surface area contributed by atoms with Gasteiger partial charge in [0.1, 0.15) is 13.2 Å². The number of benzene rings is 2. The SMILES string of the molecule is CC(C)Nc1cccc(COc2c(Cl)cc(C(=O)NCC(=O)O)cc2Cl)c1Cl. The van der Waals surface area contributed by atoms with Gasteiger partial charge in [-0.05, 0) is 32.0 Å². The summed E-state index contributed by atoms with van der Waals surface area (Å²) in [4.78, 5) is 22.5. The Hall–Kier alpha value is -2.15. The van der Waals surface area contributed by atoms with Gasteiger partial charge in [0.25, 0.3) is 5.91 Å². The summed E-state index contributed by atoms with van der Waals surface area (Å²) in [5, 5.41) is 14.9. The zero-order valence-electron chi connectivity index (χ0n) is 15.2. The van der Waals surface area contributed by atoms with E-state index in [1.807, 2.05) is 32.0 Å². The second kappa shape index (κ2) is 9.87. The van der Waals surface area contributed by atoms with Crippen LogP contribution in [0.4, 0.5) is 5.69 Å². The van der Waals surface area contributed by atoms with Crippen molar-refractivity contribution >= 4 is 52.4 Å². The monoisotopic (exact) mass is 444 g/mol. The molecule has 3 N–H and O–H groups in total. The maximum absolute atomic E-state index is 12.0. The van der Waals surface area contributed by atoms with Gasteiger partial charge in [0.15, 0.2) is 5.75 Å². The normalized spacial score (nSPS) is 10.6. The third-order valence-electron chi connectivity index (χ3n) is 3.56. The molecule has 150 valence electrons. The average Bonchev–Trinajstić information content (AvgIpc) is 2.61. The van der Waals surface area contributed by atoms with E-state index in [4.69, 9.17) is 44.6 Å². The summed E-state index contributed by atoms with van der Waals surface area (Å²) in [5.41, 5.74) is 1.66. The fraction of sp³-hybridized carbons (Fsp3) is 0.263. The van der Waals surface area contributed by atoms with Crippen LogP contribution in [0.25, 0.3) is 0 Å². The fourth-order valence-corrected chi connectivity index (χ4v) is 3.18. The molecular weight excluding hydrogens is 427 g/mol. The minimum absolute atomic E-state index is 0.121. The highest BCUT2D eigenvalue weighted by Crippen LogP contribution is 2.36. The van der Waals surface area contributed by atoms with Crippen LogP contribution in [0, 0.1) is 0 Å². The van der Waals surface area contributed by atoms with E-state index in [1.54, 1.807) is 0 Å². The molecule has 2 rings (SSSR count). The van der Waals surface area contributed by atoms with Crippen molar-refractivity contribution in [3.8, 4) is 5.75 Å². The number of anilines is 1. The number of hydrogen-bond acceptors (Lipinski definition) is 4. The number of halogens is 3. The predicted molar refractivity (Wildman–Crippen MR) is 111 cm³/mol. The van der Waals surface area contributed by atoms with E-state index in [0.29, 0.717) is 5.02 Å². The highest BCUT2D eigenvalue weighted by Gasteiger charge is 2.16. The number of ether oxygens (including phenoxy) is 1. The van der Waals surface area contributed by atoms with Crippen LogP contribution in [-0.2, 0) is 11.4 Å². The zero-order valence-corrected chi connectivity index (χ0v) is 17.5. The van der Waals surface area contributed by atoms with Crippen LogP contribution in [0.5, 0.6) is 5.75 Å². The van der Waals surface area contributed by atoms with E-state index in [9.17, 15) is 9.59 Å². The Kier molecular flexibility index (Phi) is 7.80. The van der Waals surface area contributed by atoms with Crippen LogP contribution >= 0.6 is 34.8 Å². The van der Waals surface area contributed by atoms with E-state index >= 15 is 0 Å². The molecule has 0 unspecified atom stereocenters. The number of amides is 1. The Balaban J connectivity index is 2.15. The van der Waals surface area contributed by atoms with Crippen molar-refractivity contribution in [1.82, 2.24) is 5.32 Å². The summed E-state index contributed by atoms with van der Waals surface area (Å²) in [7, 11) is 0. The van der Waals surface area contributed by atoms with Crippen molar-refractivity contribution in [2.24, 2.45) is 0 Å². The molecule has 0 aromatic heterocycles. The Bertz CT molecular complexity index is 864. The Morgan fingerprint density at radius 2 is 1.79 bits per heavy atom. The molecule has 28 heavy (non-hydrogen) atoms. The van der Waals surface area contributed by atoms with E-state index in [0.717, 1.165) is 11.3 Å². The molecule has 0 saturated carbocycles. The topological polar surface area (TPSA) is 87.7 Å². The van der Waals surface area contributed by atoms with Gasteiger partial charge < -0.3 is 20.5 Å².